The summed E-state index contributed by atoms with van der Waals surface area (Å²) in [7, 11) is 0. The molecule has 0 bridgehead atoms. The lowest BCUT2D eigenvalue weighted by Crippen LogP contribution is -2.37. The molecule has 0 saturated carbocycles. The van der Waals surface area contributed by atoms with E-state index in [1.165, 1.54) is 0 Å². The van der Waals surface area contributed by atoms with Gasteiger partial charge >= 0.3 is 0 Å². The third kappa shape index (κ3) is 2.91. The molecule has 1 aliphatic rings. The summed E-state index contributed by atoms with van der Waals surface area (Å²) < 4.78 is 0. The Balaban J connectivity index is 2.19. The zero-order chi connectivity index (χ0) is 13.2. The quantitative estimate of drug-likeness (QED) is 0.839. The van der Waals surface area contributed by atoms with E-state index in [9.17, 15) is 4.79 Å². The maximum atomic E-state index is 12.3. The van der Waals surface area contributed by atoms with Crippen LogP contribution < -0.4 is 10.6 Å². The van der Waals surface area contributed by atoms with Gasteiger partial charge in [-0.3, -0.25) is 4.79 Å². The number of nitrogens with one attached hydrogen (secondary N) is 2. The average Bonchev–Trinajstić information content (AvgIpc) is 2.80. The van der Waals surface area contributed by atoms with Gasteiger partial charge in [-0.2, -0.15) is 0 Å². The first-order valence-corrected chi connectivity index (χ1v) is 6.59. The molecule has 3 nitrogen and oxygen atoms in total. The number of hydrogen-bond donors (Lipinski definition) is 2. The van der Waals surface area contributed by atoms with E-state index >= 15 is 0 Å². The molecule has 0 aromatic heterocycles. The molecule has 0 unspecified atom stereocenters. The summed E-state index contributed by atoms with van der Waals surface area (Å²) in [5.74, 6) is 0.0502. The fourth-order valence-corrected chi connectivity index (χ4v) is 2.38. The van der Waals surface area contributed by atoms with Gasteiger partial charge in [0, 0.05) is 18.2 Å². The Bertz CT molecular complexity index is 428. The van der Waals surface area contributed by atoms with Crippen molar-refractivity contribution in [2.75, 3.05) is 13.1 Å². The van der Waals surface area contributed by atoms with E-state index in [-0.39, 0.29) is 17.4 Å². The first kappa shape index (κ1) is 13.1. The number of carbonyl (C=O) groups is 1. The molecule has 18 heavy (non-hydrogen) atoms. The summed E-state index contributed by atoms with van der Waals surface area (Å²) >= 11 is 0. The molecule has 1 aromatic carbocycles. The molecule has 0 radical (unpaired) electrons. The van der Waals surface area contributed by atoms with E-state index in [0.717, 1.165) is 30.6 Å². The first-order chi connectivity index (χ1) is 8.48. The summed E-state index contributed by atoms with van der Waals surface area (Å²) in [6, 6.07) is 8.15. The monoisotopic (exact) mass is 246 g/mol. The average molecular weight is 246 g/mol. The SMILES string of the molecule is CC(C)(C)c1ccccc1C(=O)N[C@H]1CCNC1. The number of carbonyl (C=O) groups excluding carboxylic acids is 1. The Morgan fingerprint density at radius 2 is 2.06 bits per heavy atom. The van der Waals surface area contributed by atoms with Gasteiger partial charge in [0.05, 0.1) is 0 Å². The van der Waals surface area contributed by atoms with Crippen molar-refractivity contribution in [1.82, 2.24) is 10.6 Å². The van der Waals surface area contributed by atoms with E-state index in [2.05, 4.69) is 31.4 Å². The van der Waals surface area contributed by atoms with Crippen molar-refractivity contribution in [3.8, 4) is 0 Å². The Kier molecular flexibility index (Phi) is 3.71. The van der Waals surface area contributed by atoms with E-state index in [0.29, 0.717) is 0 Å². The molecule has 0 aliphatic carbocycles. The zero-order valence-corrected chi connectivity index (χ0v) is 11.4. The van der Waals surface area contributed by atoms with Crippen molar-refractivity contribution >= 4 is 5.91 Å². The van der Waals surface area contributed by atoms with E-state index < -0.39 is 0 Å². The van der Waals surface area contributed by atoms with Crippen LogP contribution >= 0.6 is 0 Å². The molecule has 1 aliphatic heterocycles. The summed E-state index contributed by atoms with van der Waals surface area (Å²) in [5.41, 5.74) is 1.90. The van der Waals surface area contributed by atoms with Crippen LogP contribution in [0, 0.1) is 0 Å². The molecular weight excluding hydrogens is 224 g/mol. The number of benzene rings is 1. The third-order valence-corrected chi connectivity index (χ3v) is 3.38. The van der Waals surface area contributed by atoms with Crippen molar-refractivity contribution in [2.24, 2.45) is 0 Å². The van der Waals surface area contributed by atoms with Crippen LogP contribution in [0.25, 0.3) is 0 Å². The van der Waals surface area contributed by atoms with Crippen molar-refractivity contribution in [2.45, 2.75) is 38.6 Å². The standard InChI is InChI=1S/C15H22N2O/c1-15(2,3)13-7-5-4-6-12(13)14(18)17-11-8-9-16-10-11/h4-7,11,16H,8-10H2,1-3H3,(H,17,18)/t11-/m0/s1. The van der Waals surface area contributed by atoms with Gasteiger partial charge in [0.15, 0.2) is 0 Å². The van der Waals surface area contributed by atoms with E-state index in [4.69, 9.17) is 0 Å². The van der Waals surface area contributed by atoms with Crippen LogP contribution in [0.1, 0.15) is 43.1 Å². The minimum Gasteiger partial charge on any atom is -0.348 e. The summed E-state index contributed by atoms with van der Waals surface area (Å²) in [6.07, 6.45) is 1.02. The zero-order valence-electron chi connectivity index (χ0n) is 11.4. The predicted molar refractivity (Wildman–Crippen MR) is 73.9 cm³/mol. The van der Waals surface area contributed by atoms with E-state index in [1.807, 2.05) is 24.3 Å². The summed E-state index contributed by atoms with van der Waals surface area (Å²) in [6.45, 7) is 8.28. The number of rotatable bonds is 2. The molecule has 3 heteroatoms. The molecule has 0 spiro atoms. The Hall–Kier alpha value is -1.35. The second-order valence-corrected chi connectivity index (χ2v) is 5.96. The smallest absolute Gasteiger partial charge is 0.251 e. The molecule has 1 amide bonds. The second kappa shape index (κ2) is 5.11. The fourth-order valence-electron chi connectivity index (χ4n) is 2.38. The maximum Gasteiger partial charge on any atom is 0.251 e. The minimum atomic E-state index is -0.0120. The largest absolute Gasteiger partial charge is 0.348 e. The van der Waals surface area contributed by atoms with Crippen LogP contribution in [0.15, 0.2) is 24.3 Å². The lowest BCUT2D eigenvalue weighted by atomic mass is 9.83. The van der Waals surface area contributed by atoms with Gasteiger partial charge in [-0.05, 0) is 30.0 Å². The van der Waals surface area contributed by atoms with Crippen molar-refractivity contribution < 1.29 is 4.79 Å². The second-order valence-electron chi connectivity index (χ2n) is 5.96. The fraction of sp³-hybridized carbons (Fsp3) is 0.533. The highest BCUT2D eigenvalue weighted by Crippen LogP contribution is 2.25. The molecule has 1 fully saturated rings. The van der Waals surface area contributed by atoms with Gasteiger partial charge in [0.25, 0.3) is 5.91 Å². The third-order valence-electron chi connectivity index (χ3n) is 3.38. The van der Waals surface area contributed by atoms with Gasteiger partial charge in [-0.1, -0.05) is 39.0 Å². The van der Waals surface area contributed by atoms with Crippen LogP contribution in [0.4, 0.5) is 0 Å². The van der Waals surface area contributed by atoms with Gasteiger partial charge in [0.1, 0.15) is 0 Å². The number of hydrogen-bond acceptors (Lipinski definition) is 2. The van der Waals surface area contributed by atoms with Gasteiger partial charge in [-0.15, -0.1) is 0 Å². The Labute approximate surface area is 109 Å². The van der Waals surface area contributed by atoms with Crippen LogP contribution in [0.5, 0.6) is 0 Å². The van der Waals surface area contributed by atoms with Crippen molar-refractivity contribution in [3.63, 3.8) is 0 Å². The van der Waals surface area contributed by atoms with E-state index in [1.54, 1.807) is 0 Å². The van der Waals surface area contributed by atoms with Gasteiger partial charge in [-0.25, -0.2) is 0 Å². The lowest BCUT2D eigenvalue weighted by Gasteiger charge is -2.23. The van der Waals surface area contributed by atoms with Crippen molar-refractivity contribution in [1.29, 1.82) is 0 Å². The molecule has 2 rings (SSSR count). The number of amides is 1. The molecule has 2 N–H and O–H groups in total. The summed E-state index contributed by atoms with van der Waals surface area (Å²) in [4.78, 5) is 12.3. The van der Waals surface area contributed by atoms with Crippen LogP contribution in [-0.4, -0.2) is 25.0 Å². The van der Waals surface area contributed by atoms with Gasteiger partial charge < -0.3 is 10.6 Å². The Morgan fingerprint density at radius 3 is 2.67 bits per heavy atom. The first-order valence-electron chi connectivity index (χ1n) is 6.59. The maximum absolute atomic E-state index is 12.3. The molecule has 1 heterocycles. The van der Waals surface area contributed by atoms with Crippen LogP contribution in [0.2, 0.25) is 0 Å². The normalized spacial score (nSPS) is 19.8. The highest BCUT2D eigenvalue weighted by atomic mass is 16.1. The predicted octanol–water partition coefficient (Wildman–Crippen LogP) is 2.08. The lowest BCUT2D eigenvalue weighted by molar-refractivity contribution is 0.0938. The van der Waals surface area contributed by atoms with Crippen molar-refractivity contribution in [3.05, 3.63) is 35.4 Å². The molecule has 1 atom stereocenters. The highest BCUT2D eigenvalue weighted by molar-refractivity contribution is 5.96. The highest BCUT2D eigenvalue weighted by Gasteiger charge is 2.23. The molecule has 1 saturated heterocycles. The molecule has 1 aromatic rings. The van der Waals surface area contributed by atoms with Crippen LogP contribution in [0.3, 0.4) is 0 Å². The Morgan fingerprint density at radius 1 is 1.33 bits per heavy atom. The van der Waals surface area contributed by atoms with Gasteiger partial charge in [0.2, 0.25) is 0 Å². The minimum absolute atomic E-state index is 0.0120. The topological polar surface area (TPSA) is 41.1 Å². The summed E-state index contributed by atoms with van der Waals surface area (Å²) in [5, 5.41) is 6.37. The van der Waals surface area contributed by atoms with Crippen LogP contribution in [-0.2, 0) is 5.41 Å². The molecule has 98 valence electrons. The molecular formula is C15H22N2O.